The Kier molecular flexibility index (Phi) is 3.57. The Morgan fingerprint density at radius 1 is 1.10 bits per heavy atom. The van der Waals surface area contributed by atoms with Crippen molar-refractivity contribution < 1.29 is 4.79 Å². The van der Waals surface area contributed by atoms with Gasteiger partial charge >= 0.3 is 0 Å². The molecule has 2 aromatic carbocycles. The lowest BCUT2D eigenvalue weighted by atomic mass is 10.2. The van der Waals surface area contributed by atoms with E-state index in [1.54, 1.807) is 17.0 Å². The molecule has 1 atom stereocenters. The van der Waals surface area contributed by atoms with Gasteiger partial charge in [-0.15, -0.1) is 0 Å². The van der Waals surface area contributed by atoms with Crippen molar-refractivity contribution in [3.05, 3.63) is 60.2 Å². The van der Waals surface area contributed by atoms with Gasteiger partial charge in [-0.1, -0.05) is 18.2 Å². The first-order valence-electron chi connectivity index (χ1n) is 6.91. The molecule has 0 spiro atoms. The van der Waals surface area contributed by atoms with Gasteiger partial charge in [-0.3, -0.25) is 4.79 Å². The fourth-order valence-electron chi connectivity index (χ4n) is 2.52. The van der Waals surface area contributed by atoms with Crippen LogP contribution in [0.5, 0.6) is 0 Å². The first kappa shape index (κ1) is 13.2. The number of benzene rings is 2. The summed E-state index contributed by atoms with van der Waals surface area (Å²) in [5.41, 5.74) is 2.41. The van der Waals surface area contributed by atoms with Crippen molar-refractivity contribution in [2.24, 2.45) is 0 Å². The van der Waals surface area contributed by atoms with E-state index in [1.165, 1.54) is 0 Å². The van der Waals surface area contributed by atoms with Gasteiger partial charge in [0.1, 0.15) is 6.04 Å². The maximum absolute atomic E-state index is 12.4. The van der Waals surface area contributed by atoms with Crippen molar-refractivity contribution in [3.8, 4) is 6.07 Å². The highest BCUT2D eigenvalue weighted by atomic mass is 16.2. The van der Waals surface area contributed by atoms with Crippen LogP contribution in [0.2, 0.25) is 0 Å². The summed E-state index contributed by atoms with van der Waals surface area (Å²) >= 11 is 0. The van der Waals surface area contributed by atoms with E-state index in [0.717, 1.165) is 24.3 Å². The van der Waals surface area contributed by atoms with E-state index < -0.39 is 0 Å². The second-order valence-electron chi connectivity index (χ2n) is 5.00. The molecule has 1 amide bonds. The van der Waals surface area contributed by atoms with E-state index in [0.29, 0.717) is 5.56 Å². The van der Waals surface area contributed by atoms with Crippen molar-refractivity contribution in [2.75, 3.05) is 16.8 Å². The molecule has 0 aliphatic carbocycles. The first-order chi connectivity index (χ1) is 10.3. The second kappa shape index (κ2) is 5.68. The number of carbonyl (C=O) groups excluding carboxylic acids is 1. The largest absolute Gasteiger partial charge is 0.374 e. The number of nitrogens with one attached hydrogen (secondary N) is 1. The standard InChI is InChI=1S/C17H15N3O/c18-12-13-6-8-14(9-7-13)19-16-10-11-20(17(16)21)15-4-2-1-3-5-15/h1-9,16,19H,10-11H2. The van der Waals surface area contributed by atoms with Crippen LogP contribution >= 0.6 is 0 Å². The zero-order valence-corrected chi connectivity index (χ0v) is 11.5. The fraction of sp³-hybridized carbons (Fsp3) is 0.176. The Morgan fingerprint density at radius 3 is 2.48 bits per heavy atom. The first-order valence-corrected chi connectivity index (χ1v) is 6.91. The highest BCUT2D eigenvalue weighted by Gasteiger charge is 2.32. The van der Waals surface area contributed by atoms with Gasteiger partial charge in [-0.25, -0.2) is 0 Å². The minimum absolute atomic E-state index is 0.0885. The average Bonchev–Trinajstić information content (AvgIpc) is 2.90. The third-order valence-corrected chi connectivity index (χ3v) is 3.63. The van der Waals surface area contributed by atoms with Crippen molar-refractivity contribution in [1.29, 1.82) is 5.26 Å². The number of amides is 1. The smallest absolute Gasteiger partial charge is 0.249 e. The Morgan fingerprint density at radius 2 is 1.81 bits per heavy atom. The van der Waals surface area contributed by atoms with E-state index in [9.17, 15) is 4.79 Å². The van der Waals surface area contributed by atoms with E-state index in [4.69, 9.17) is 5.26 Å². The molecule has 1 N–H and O–H groups in total. The Labute approximate surface area is 123 Å². The average molecular weight is 277 g/mol. The predicted molar refractivity (Wildman–Crippen MR) is 82.0 cm³/mol. The minimum atomic E-state index is -0.210. The molecule has 3 rings (SSSR count). The molecule has 0 radical (unpaired) electrons. The quantitative estimate of drug-likeness (QED) is 0.938. The molecule has 21 heavy (non-hydrogen) atoms. The maximum atomic E-state index is 12.4. The summed E-state index contributed by atoms with van der Waals surface area (Å²) in [6.07, 6.45) is 0.772. The van der Waals surface area contributed by atoms with Crippen LogP contribution in [0.25, 0.3) is 0 Å². The lowest BCUT2D eigenvalue weighted by Gasteiger charge is -2.17. The van der Waals surface area contributed by atoms with Crippen LogP contribution in [0.3, 0.4) is 0 Å². The fourth-order valence-corrected chi connectivity index (χ4v) is 2.52. The Balaban J connectivity index is 1.70. The van der Waals surface area contributed by atoms with Crippen LogP contribution in [0.15, 0.2) is 54.6 Å². The number of nitriles is 1. The molecule has 1 unspecified atom stereocenters. The Bertz CT molecular complexity index is 673. The van der Waals surface area contributed by atoms with Crippen molar-refractivity contribution >= 4 is 17.3 Å². The Hall–Kier alpha value is -2.80. The van der Waals surface area contributed by atoms with E-state index in [-0.39, 0.29) is 11.9 Å². The van der Waals surface area contributed by atoms with Crippen molar-refractivity contribution in [1.82, 2.24) is 0 Å². The van der Waals surface area contributed by atoms with Gasteiger partial charge < -0.3 is 10.2 Å². The highest BCUT2D eigenvalue weighted by Crippen LogP contribution is 2.23. The maximum Gasteiger partial charge on any atom is 0.249 e. The molecule has 0 aromatic heterocycles. The molecule has 1 heterocycles. The zero-order chi connectivity index (χ0) is 14.7. The summed E-state index contributed by atoms with van der Waals surface area (Å²) in [6.45, 7) is 0.719. The predicted octanol–water partition coefficient (Wildman–Crippen LogP) is 2.78. The van der Waals surface area contributed by atoms with Crippen LogP contribution in [-0.2, 0) is 4.79 Å². The van der Waals surface area contributed by atoms with Crippen LogP contribution in [0, 0.1) is 11.3 Å². The van der Waals surface area contributed by atoms with Crippen LogP contribution in [0.1, 0.15) is 12.0 Å². The number of hydrogen-bond donors (Lipinski definition) is 1. The van der Waals surface area contributed by atoms with E-state index in [1.807, 2.05) is 42.5 Å². The topological polar surface area (TPSA) is 56.1 Å². The van der Waals surface area contributed by atoms with Gasteiger partial charge in [-0.2, -0.15) is 5.26 Å². The summed E-state index contributed by atoms with van der Waals surface area (Å²) in [5, 5.41) is 12.0. The third-order valence-electron chi connectivity index (χ3n) is 3.63. The number of rotatable bonds is 3. The van der Waals surface area contributed by atoms with Gasteiger partial charge in [0.2, 0.25) is 5.91 Å². The summed E-state index contributed by atoms with van der Waals surface area (Å²) in [7, 11) is 0. The molecule has 1 saturated heterocycles. The van der Waals surface area contributed by atoms with Crippen molar-refractivity contribution in [3.63, 3.8) is 0 Å². The number of hydrogen-bond acceptors (Lipinski definition) is 3. The molecule has 1 aliphatic rings. The summed E-state index contributed by atoms with van der Waals surface area (Å²) < 4.78 is 0. The van der Waals surface area contributed by atoms with Gasteiger partial charge in [0, 0.05) is 17.9 Å². The molecule has 2 aromatic rings. The number of para-hydroxylation sites is 1. The number of anilines is 2. The SMILES string of the molecule is N#Cc1ccc(NC2CCN(c3ccccc3)C2=O)cc1. The monoisotopic (exact) mass is 277 g/mol. The normalized spacial score (nSPS) is 17.6. The summed E-state index contributed by atoms with van der Waals surface area (Å²) in [4.78, 5) is 14.3. The molecule has 4 nitrogen and oxygen atoms in total. The van der Waals surface area contributed by atoms with Crippen LogP contribution in [0.4, 0.5) is 11.4 Å². The molecule has 0 saturated carbocycles. The summed E-state index contributed by atoms with van der Waals surface area (Å²) in [5.74, 6) is 0.0885. The number of carbonyl (C=O) groups is 1. The van der Waals surface area contributed by atoms with Gasteiger partial charge in [-0.05, 0) is 42.8 Å². The summed E-state index contributed by atoms with van der Waals surface area (Å²) in [6, 6.07) is 18.7. The molecule has 0 bridgehead atoms. The molecule has 1 fully saturated rings. The zero-order valence-electron chi connectivity index (χ0n) is 11.5. The van der Waals surface area contributed by atoms with Gasteiger partial charge in [0.25, 0.3) is 0 Å². The van der Waals surface area contributed by atoms with Crippen LogP contribution in [-0.4, -0.2) is 18.5 Å². The molecular weight excluding hydrogens is 262 g/mol. The molecule has 104 valence electrons. The van der Waals surface area contributed by atoms with Crippen LogP contribution < -0.4 is 10.2 Å². The number of nitrogens with zero attached hydrogens (tertiary/aromatic N) is 2. The third kappa shape index (κ3) is 2.72. The lowest BCUT2D eigenvalue weighted by Crippen LogP contribution is -2.33. The lowest BCUT2D eigenvalue weighted by molar-refractivity contribution is -0.117. The minimum Gasteiger partial charge on any atom is -0.374 e. The van der Waals surface area contributed by atoms with Crippen molar-refractivity contribution in [2.45, 2.75) is 12.5 Å². The second-order valence-corrected chi connectivity index (χ2v) is 5.00. The van der Waals surface area contributed by atoms with Gasteiger partial charge in [0.05, 0.1) is 11.6 Å². The van der Waals surface area contributed by atoms with Gasteiger partial charge in [0.15, 0.2) is 0 Å². The van der Waals surface area contributed by atoms with E-state index in [2.05, 4.69) is 11.4 Å². The molecular formula is C17H15N3O. The van der Waals surface area contributed by atoms with E-state index >= 15 is 0 Å². The molecule has 4 heteroatoms. The highest BCUT2D eigenvalue weighted by molar-refractivity contribution is 6.00. The molecule has 1 aliphatic heterocycles.